The molecule has 4 heteroatoms. The summed E-state index contributed by atoms with van der Waals surface area (Å²) < 4.78 is 5.70. The van der Waals surface area contributed by atoms with Gasteiger partial charge in [-0.2, -0.15) is 0 Å². The van der Waals surface area contributed by atoms with Gasteiger partial charge in [0.15, 0.2) is 0 Å². The predicted molar refractivity (Wildman–Crippen MR) is 87.0 cm³/mol. The Morgan fingerprint density at radius 1 is 1.41 bits per heavy atom. The van der Waals surface area contributed by atoms with Gasteiger partial charge >= 0.3 is 0 Å². The number of nitrogens with zero attached hydrogens (tertiary/aromatic N) is 1. The highest BCUT2D eigenvalue weighted by molar-refractivity contribution is 5.77. The van der Waals surface area contributed by atoms with Crippen molar-refractivity contribution >= 4 is 5.91 Å². The summed E-state index contributed by atoms with van der Waals surface area (Å²) in [7, 11) is 0. The van der Waals surface area contributed by atoms with Crippen LogP contribution >= 0.6 is 0 Å². The van der Waals surface area contributed by atoms with Gasteiger partial charge in [-0.3, -0.25) is 4.79 Å². The van der Waals surface area contributed by atoms with Crippen LogP contribution in [0.15, 0.2) is 18.2 Å². The van der Waals surface area contributed by atoms with Crippen molar-refractivity contribution in [2.24, 2.45) is 0 Å². The van der Waals surface area contributed by atoms with Crippen molar-refractivity contribution in [3.8, 4) is 5.75 Å². The molecule has 3 rings (SSSR count). The number of amides is 1. The highest BCUT2D eigenvalue weighted by Gasteiger charge is 2.24. The molecule has 1 N–H and O–H groups in total. The number of fused-ring (bicyclic) bond motifs is 1. The van der Waals surface area contributed by atoms with E-state index in [0.29, 0.717) is 12.5 Å². The maximum atomic E-state index is 12.4. The summed E-state index contributed by atoms with van der Waals surface area (Å²) in [5, 5.41) is 3.41. The third-order valence-corrected chi connectivity index (χ3v) is 4.60. The van der Waals surface area contributed by atoms with Crippen LogP contribution in [0.3, 0.4) is 0 Å². The van der Waals surface area contributed by atoms with Gasteiger partial charge in [0.2, 0.25) is 5.91 Å². The van der Waals surface area contributed by atoms with Crippen LogP contribution in [0, 0.1) is 0 Å². The maximum Gasteiger partial charge on any atom is 0.224 e. The molecule has 120 valence electrons. The van der Waals surface area contributed by atoms with Gasteiger partial charge in [-0.15, -0.1) is 0 Å². The fourth-order valence-electron chi connectivity index (χ4n) is 3.32. The number of hydrogen-bond donors (Lipinski definition) is 1. The molecular weight excluding hydrogens is 276 g/mol. The summed E-state index contributed by atoms with van der Waals surface area (Å²) >= 11 is 0. The van der Waals surface area contributed by atoms with Crippen LogP contribution in [0.25, 0.3) is 0 Å². The molecule has 0 radical (unpaired) electrons. The Morgan fingerprint density at radius 3 is 3.09 bits per heavy atom. The first-order valence-corrected chi connectivity index (χ1v) is 8.52. The Labute approximate surface area is 132 Å². The fourth-order valence-corrected chi connectivity index (χ4v) is 3.32. The minimum absolute atomic E-state index is 0.288. The molecule has 1 fully saturated rings. The Hall–Kier alpha value is -1.55. The molecule has 22 heavy (non-hydrogen) atoms. The summed E-state index contributed by atoms with van der Waals surface area (Å²) in [6.45, 7) is 5.50. The van der Waals surface area contributed by atoms with E-state index in [-0.39, 0.29) is 5.91 Å². The molecule has 2 aliphatic rings. The van der Waals surface area contributed by atoms with E-state index >= 15 is 0 Å². The lowest BCUT2D eigenvalue weighted by Crippen LogP contribution is -2.39. The van der Waals surface area contributed by atoms with E-state index in [4.69, 9.17) is 4.74 Å². The van der Waals surface area contributed by atoms with Gasteiger partial charge in [-0.1, -0.05) is 13.0 Å². The summed E-state index contributed by atoms with van der Waals surface area (Å²) in [5.41, 5.74) is 2.60. The minimum Gasteiger partial charge on any atom is -0.494 e. The van der Waals surface area contributed by atoms with Crippen LogP contribution in [-0.4, -0.2) is 36.5 Å². The summed E-state index contributed by atoms with van der Waals surface area (Å²) in [4.78, 5) is 14.4. The standard InChI is InChI=1S/C18H26N2O2/c1-2-10-22-17-6-5-15-13-20(9-7-14(15)11-17)18(21)12-16-4-3-8-19-16/h5-6,11,16,19H,2-4,7-10,12-13H2,1H3. The smallest absolute Gasteiger partial charge is 0.224 e. The van der Waals surface area contributed by atoms with Crippen LogP contribution < -0.4 is 10.1 Å². The lowest BCUT2D eigenvalue weighted by atomic mass is 9.98. The molecule has 1 amide bonds. The predicted octanol–water partition coefficient (Wildman–Crippen LogP) is 2.50. The normalized spacial score (nSPS) is 20.8. The van der Waals surface area contributed by atoms with Crippen molar-refractivity contribution in [1.29, 1.82) is 0 Å². The largest absolute Gasteiger partial charge is 0.494 e. The molecule has 0 bridgehead atoms. The number of rotatable bonds is 5. The molecular formula is C18H26N2O2. The van der Waals surface area contributed by atoms with Crippen molar-refractivity contribution in [3.05, 3.63) is 29.3 Å². The Morgan fingerprint density at radius 2 is 2.32 bits per heavy atom. The molecule has 0 saturated carbocycles. The van der Waals surface area contributed by atoms with E-state index in [1.165, 1.54) is 17.5 Å². The Bertz CT molecular complexity index is 524. The zero-order valence-electron chi connectivity index (χ0n) is 13.4. The average molecular weight is 302 g/mol. The third kappa shape index (κ3) is 3.61. The molecule has 0 aromatic heterocycles. The van der Waals surface area contributed by atoms with Crippen LogP contribution in [-0.2, 0) is 17.8 Å². The van der Waals surface area contributed by atoms with Crippen LogP contribution in [0.4, 0.5) is 0 Å². The zero-order valence-corrected chi connectivity index (χ0v) is 13.4. The first-order valence-electron chi connectivity index (χ1n) is 8.52. The quantitative estimate of drug-likeness (QED) is 0.908. The minimum atomic E-state index is 0.288. The molecule has 1 aromatic rings. The number of carbonyl (C=O) groups is 1. The molecule has 1 saturated heterocycles. The van der Waals surface area contributed by atoms with Crippen molar-refractivity contribution in [1.82, 2.24) is 10.2 Å². The van der Waals surface area contributed by atoms with E-state index in [1.807, 2.05) is 11.0 Å². The highest BCUT2D eigenvalue weighted by atomic mass is 16.5. The maximum absolute atomic E-state index is 12.4. The van der Waals surface area contributed by atoms with Crippen molar-refractivity contribution in [3.63, 3.8) is 0 Å². The van der Waals surface area contributed by atoms with Gasteiger partial charge in [-0.05, 0) is 55.5 Å². The van der Waals surface area contributed by atoms with Crippen molar-refractivity contribution < 1.29 is 9.53 Å². The topological polar surface area (TPSA) is 41.6 Å². The van der Waals surface area contributed by atoms with E-state index in [0.717, 1.165) is 51.3 Å². The van der Waals surface area contributed by atoms with Gasteiger partial charge < -0.3 is 15.0 Å². The van der Waals surface area contributed by atoms with E-state index < -0.39 is 0 Å². The highest BCUT2D eigenvalue weighted by Crippen LogP contribution is 2.25. The van der Waals surface area contributed by atoms with Gasteiger partial charge in [0.1, 0.15) is 5.75 Å². The molecule has 2 heterocycles. The number of nitrogens with one attached hydrogen (secondary N) is 1. The van der Waals surface area contributed by atoms with E-state index in [1.54, 1.807) is 0 Å². The first-order chi connectivity index (χ1) is 10.8. The first kappa shape index (κ1) is 15.3. The van der Waals surface area contributed by atoms with Crippen LogP contribution in [0.5, 0.6) is 5.75 Å². The zero-order chi connectivity index (χ0) is 15.4. The van der Waals surface area contributed by atoms with Crippen LogP contribution in [0.1, 0.15) is 43.7 Å². The van der Waals surface area contributed by atoms with Crippen LogP contribution in [0.2, 0.25) is 0 Å². The third-order valence-electron chi connectivity index (χ3n) is 4.60. The monoisotopic (exact) mass is 302 g/mol. The van der Waals surface area contributed by atoms with Gasteiger partial charge in [0.25, 0.3) is 0 Å². The summed E-state index contributed by atoms with van der Waals surface area (Å²) in [6, 6.07) is 6.68. The summed E-state index contributed by atoms with van der Waals surface area (Å²) in [5.74, 6) is 1.24. The second-order valence-electron chi connectivity index (χ2n) is 6.34. The van der Waals surface area contributed by atoms with Gasteiger partial charge in [-0.25, -0.2) is 0 Å². The lowest BCUT2D eigenvalue weighted by Gasteiger charge is -2.30. The second kappa shape index (κ2) is 7.14. The molecule has 2 aliphatic heterocycles. The molecule has 0 spiro atoms. The fraction of sp³-hybridized carbons (Fsp3) is 0.611. The molecule has 1 atom stereocenters. The van der Waals surface area contributed by atoms with Crippen molar-refractivity contribution in [2.75, 3.05) is 19.7 Å². The number of ether oxygens (including phenoxy) is 1. The van der Waals surface area contributed by atoms with Crippen molar-refractivity contribution in [2.45, 2.75) is 51.6 Å². The Kier molecular flexibility index (Phi) is 4.98. The second-order valence-corrected chi connectivity index (χ2v) is 6.34. The van der Waals surface area contributed by atoms with Gasteiger partial charge in [0, 0.05) is 25.6 Å². The Balaban J connectivity index is 1.59. The molecule has 1 unspecified atom stereocenters. The SMILES string of the molecule is CCCOc1ccc2c(c1)CCN(C(=O)CC1CCCN1)C2. The summed E-state index contributed by atoms with van der Waals surface area (Å²) in [6.07, 6.45) is 4.93. The van der Waals surface area contributed by atoms with E-state index in [9.17, 15) is 4.79 Å². The number of benzene rings is 1. The van der Waals surface area contributed by atoms with Gasteiger partial charge in [0.05, 0.1) is 6.61 Å². The lowest BCUT2D eigenvalue weighted by molar-refractivity contribution is -0.132. The van der Waals surface area contributed by atoms with E-state index in [2.05, 4.69) is 24.4 Å². The molecule has 1 aromatic carbocycles. The number of carbonyl (C=O) groups excluding carboxylic acids is 1. The average Bonchev–Trinajstić information content (AvgIpc) is 3.05. The molecule has 4 nitrogen and oxygen atoms in total. The molecule has 0 aliphatic carbocycles. The number of hydrogen-bond acceptors (Lipinski definition) is 3.